The Labute approximate surface area is 113 Å². The van der Waals surface area contributed by atoms with Crippen molar-refractivity contribution in [3.8, 4) is 0 Å². The summed E-state index contributed by atoms with van der Waals surface area (Å²) in [5.41, 5.74) is 6.73. The lowest BCUT2D eigenvalue weighted by Crippen LogP contribution is -2.33. The van der Waals surface area contributed by atoms with Crippen LogP contribution in [0, 0.1) is 11.7 Å². The molecule has 0 aromatic heterocycles. The number of anilines is 1. The summed E-state index contributed by atoms with van der Waals surface area (Å²) < 4.78 is 13.9. The molecule has 0 amide bonds. The van der Waals surface area contributed by atoms with E-state index in [9.17, 15) is 4.39 Å². The van der Waals surface area contributed by atoms with Gasteiger partial charge in [-0.3, -0.25) is 0 Å². The van der Waals surface area contributed by atoms with Crippen LogP contribution in [0.5, 0.6) is 0 Å². The van der Waals surface area contributed by atoms with E-state index in [4.69, 9.17) is 18.0 Å². The standard InChI is InChI=1S/C14H19FN2S/c1-9(2)13-4-3-7-17(13)10-5-6-11(14(16)18)12(15)8-10/h5-6,8-9,13H,3-4,7H2,1-2H3,(H2,16,18). The minimum Gasteiger partial charge on any atom is -0.389 e. The highest BCUT2D eigenvalue weighted by molar-refractivity contribution is 7.80. The van der Waals surface area contributed by atoms with Gasteiger partial charge in [-0.2, -0.15) is 0 Å². The van der Waals surface area contributed by atoms with E-state index in [2.05, 4.69) is 18.7 Å². The number of hydrogen-bond donors (Lipinski definition) is 1. The lowest BCUT2D eigenvalue weighted by molar-refractivity contribution is 0.491. The van der Waals surface area contributed by atoms with Gasteiger partial charge in [0.15, 0.2) is 0 Å². The third kappa shape index (κ3) is 2.48. The Morgan fingerprint density at radius 2 is 2.22 bits per heavy atom. The van der Waals surface area contributed by atoms with E-state index in [1.165, 1.54) is 12.8 Å². The zero-order chi connectivity index (χ0) is 13.3. The van der Waals surface area contributed by atoms with Crippen molar-refractivity contribution < 1.29 is 4.39 Å². The Bertz CT molecular complexity index is 459. The zero-order valence-electron chi connectivity index (χ0n) is 10.8. The van der Waals surface area contributed by atoms with Crippen LogP contribution in [0.2, 0.25) is 0 Å². The molecule has 1 unspecified atom stereocenters. The first-order valence-corrected chi connectivity index (χ1v) is 6.77. The lowest BCUT2D eigenvalue weighted by atomic mass is 10.0. The number of hydrogen-bond acceptors (Lipinski definition) is 2. The summed E-state index contributed by atoms with van der Waals surface area (Å²) in [6.45, 7) is 5.42. The van der Waals surface area contributed by atoms with Crippen LogP contribution in [0.25, 0.3) is 0 Å². The predicted octanol–water partition coefficient (Wildman–Crippen LogP) is 3.08. The molecule has 0 bridgehead atoms. The second-order valence-corrected chi connectivity index (χ2v) is 5.62. The molecule has 1 aliphatic heterocycles. The van der Waals surface area contributed by atoms with Gasteiger partial charge in [0.05, 0.1) is 0 Å². The van der Waals surface area contributed by atoms with Gasteiger partial charge in [0.2, 0.25) is 0 Å². The maximum atomic E-state index is 13.9. The molecule has 1 saturated heterocycles. The Kier molecular flexibility index (Phi) is 3.85. The summed E-state index contributed by atoms with van der Waals surface area (Å²) in [7, 11) is 0. The second-order valence-electron chi connectivity index (χ2n) is 5.18. The molecule has 2 nitrogen and oxygen atoms in total. The number of thiocarbonyl (C=S) groups is 1. The van der Waals surface area contributed by atoms with Crippen molar-refractivity contribution in [2.24, 2.45) is 11.7 Å². The van der Waals surface area contributed by atoms with Crippen molar-refractivity contribution in [3.05, 3.63) is 29.6 Å². The van der Waals surface area contributed by atoms with Crippen LogP contribution in [0.1, 0.15) is 32.3 Å². The van der Waals surface area contributed by atoms with Crippen molar-refractivity contribution in [2.45, 2.75) is 32.7 Å². The van der Waals surface area contributed by atoms with E-state index in [1.54, 1.807) is 12.1 Å². The molecular weight excluding hydrogens is 247 g/mol. The normalized spacial score (nSPS) is 19.6. The van der Waals surface area contributed by atoms with Crippen molar-refractivity contribution >= 4 is 22.9 Å². The SMILES string of the molecule is CC(C)C1CCCN1c1ccc(C(N)=S)c(F)c1. The van der Waals surface area contributed by atoms with Gasteiger partial charge >= 0.3 is 0 Å². The van der Waals surface area contributed by atoms with Gasteiger partial charge in [-0.05, 0) is 37.0 Å². The largest absolute Gasteiger partial charge is 0.389 e. The van der Waals surface area contributed by atoms with Crippen molar-refractivity contribution in [1.82, 2.24) is 0 Å². The zero-order valence-corrected chi connectivity index (χ0v) is 11.6. The first-order valence-electron chi connectivity index (χ1n) is 6.36. The summed E-state index contributed by atoms with van der Waals surface area (Å²) in [5, 5.41) is 0. The summed E-state index contributed by atoms with van der Waals surface area (Å²) >= 11 is 4.82. The fraction of sp³-hybridized carbons (Fsp3) is 0.500. The van der Waals surface area contributed by atoms with Gasteiger partial charge in [-0.25, -0.2) is 4.39 Å². The Morgan fingerprint density at radius 1 is 1.50 bits per heavy atom. The van der Waals surface area contributed by atoms with Gasteiger partial charge in [-0.1, -0.05) is 26.1 Å². The Balaban J connectivity index is 2.29. The number of rotatable bonds is 3. The van der Waals surface area contributed by atoms with E-state index in [1.807, 2.05) is 6.07 Å². The number of nitrogens with two attached hydrogens (primary N) is 1. The average molecular weight is 266 g/mol. The molecule has 18 heavy (non-hydrogen) atoms. The molecule has 1 atom stereocenters. The summed E-state index contributed by atoms with van der Waals surface area (Å²) in [4.78, 5) is 2.40. The molecule has 98 valence electrons. The van der Waals surface area contributed by atoms with Crippen LogP contribution in [0.4, 0.5) is 10.1 Å². The summed E-state index contributed by atoms with van der Waals surface area (Å²) in [6.07, 6.45) is 2.35. The van der Waals surface area contributed by atoms with E-state index in [0.717, 1.165) is 12.2 Å². The maximum absolute atomic E-state index is 13.9. The van der Waals surface area contributed by atoms with E-state index in [0.29, 0.717) is 17.5 Å². The van der Waals surface area contributed by atoms with Gasteiger partial charge < -0.3 is 10.6 Å². The van der Waals surface area contributed by atoms with Crippen molar-refractivity contribution in [2.75, 3.05) is 11.4 Å². The molecule has 0 aliphatic carbocycles. The molecule has 0 spiro atoms. The summed E-state index contributed by atoms with van der Waals surface area (Å²) in [5.74, 6) is 0.250. The third-order valence-corrected chi connectivity index (χ3v) is 3.84. The van der Waals surface area contributed by atoms with Crippen LogP contribution in [-0.2, 0) is 0 Å². The van der Waals surface area contributed by atoms with Crippen LogP contribution in [-0.4, -0.2) is 17.6 Å². The first kappa shape index (κ1) is 13.3. The molecule has 0 radical (unpaired) electrons. The molecule has 4 heteroatoms. The summed E-state index contributed by atoms with van der Waals surface area (Å²) in [6, 6.07) is 5.65. The fourth-order valence-electron chi connectivity index (χ4n) is 2.69. The first-order chi connectivity index (χ1) is 8.50. The lowest BCUT2D eigenvalue weighted by Gasteiger charge is -2.30. The van der Waals surface area contributed by atoms with E-state index < -0.39 is 0 Å². The van der Waals surface area contributed by atoms with E-state index in [-0.39, 0.29) is 10.8 Å². The smallest absolute Gasteiger partial charge is 0.135 e. The third-order valence-electron chi connectivity index (χ3n) is 3.62. The topological polar surface area (TPSA) is 29.3 Å². The maximum Gasteiger partial charge on any atom is 0.135 e. The molecular formula is C14H19FN2S. The number of benzene rings is 1. The molecule has 0 saturated carbocycles. The highest BCUT2D eigenvalue weighted by atomic mass is 32.1. The molecule has 2 N–H and O–H groups in total. The van der Waals surface area contributed by atoms with Crippen LogP contribution in [0.3, 0.4) is 0 Å². The highest BCUT2D eigenvalue weighted by Gasteiger charge is 2.27. The molecule has 2 rings (SSSR count). The van der Waals surface area contributed by atoms with Crippen LogP contribution in [0.15, 0.2) is 18.2 Å². The van der Waals surface area contributed by atoms with Gasteiger partial charge in [0, 0.05) is 23.8 Å². The minimum absolute atomic E-state index is 0.112. The van der Waals surface area contributed by atoms with Gasteiger partial charge in [0.1, 0.15) is 10.8 Å². The Hall–Kier alpha value is -1.16. The van der Waals surface area contributed by atoms with Gasteiger partial charge in [0.25, 0.3) is 0 Å². The second kappa shape index (κ2) is 5.22. The minimum atomic E-state index is -0.325. The molecule has 1 fully saturated rings. The molecule has 1 aromatic carbocycles. The van der Waals surface area contributed by atoms with Crippen molar-refractivity contribution in [3.63, 3.8) is 0 Å². The van der Waals surface area contributed by atoms with Crippen LogP contribution < -0.4 is 10.6 Å². The number of halogens is 1. The van der Waals surface area contributed by atoms with E-state index >= 15 is 0 Å². The van der Waals surface area contributed by atoms with Crippen molar-refractivity contribution in [1.29, 1.82) is 0 Å². The number of nitrogens with zero attached hydrogens (tertiary/aromatic N) is 1. The predicted molar refractivity (Wildman–Crippen MR) is 77.5 cm³/mol. The molecule has 1 aliphatic rings. The highest BCUT2D eigenvalue weighted by Crippen LogP contribution is 2.30. The molecule has 1 aromatic rings. The monoisotopic (exact) mass is 266 g/mol. The Morgan fingerprint density at radius 3 is 2.78 bits per heavy atom. The average Bonchev–Trinajstić information content (AvgIpc) is 2.77. The molecule has 1 heterocycles. The van der Waals surface area contributed by atoms with Crippen LogP contribution >= 0.6 is 12.2 Å². The van der Waals surface area contributed by atoms with Gasteiger partial charge in [-0.15, -0.1) is 0 Å². The fourth-order valence-corrected chi connectivity index (χ4v) is 2.85. The quantitative estimate of drug-likeness (QED) is 0.853.